The van der Waals surface area contributed by atoms with Crippen molar-refractivity contribution < 1.29 is 8.78 Å². The van der Waals surface area contributed by atoms with E-state index in [1.54, 1.807) is 0 Å². The average molecular weight is 314 g/mol. The van der Waals surface area contributed by atoms with Crippen LogP contribution < -0.4 is 0 Å². The van der Waals surface area contributed by atoms with Gasteiger partial charge in [-0.25, -0.2) is 8.78 Å². The van der Waals surface area contributed by atoms with Gasteiger partial charge in [0, 0.05) is 11.1 Å². The lowest BCUT2D eigenvalue weighted by molar-refractivity contribution is 0.395. The van der Waals surface area contributed by atoms with E-state index in [-0.39, 0.29) is 16.1 Å². The largest absolute Gasteiger partial charge is 0.284 e. The third-order valence-electron chi connectivity index (χ3n) is 1.61. The van der Waals surface area contributed by atoms with Crippen molar-refractivity contribution in [1.82, 2.24) is 0 Å². The molecule has 84 valence electrons. The summed E-state index contributed by atoms with van der Waals surface area (Å²) in [6.45, 7) is 0. The van der Waals surface area contributed by atoms with E-state index in [1.807, 2.05) is 0 Å². The fourth-order valence-electron chi connectivity index (χ4n) is 0.970. The highest BCUT2D eigenvalue weighted by molar-refractivity contribution is 6.50. The first-order chi connectivity index (χ1) is 6.64. The predicted octanol–water partition coefficient (Wildman–Crippen LogP) is 5.45. The summed E-state index contributed by atoms with van der Waals surface area (Å²) in [5.74, 6) is 0. The Labute approximate surface area is 110 Å². The molecular weight excluding hydrogens is 311 g/mol. The molecule has 0 aliphatic carbocycles. The summed E-state index contributed by atoms with van der Waals surface area (Å²) in [7, 11) is 0. The Balaban J connectivity index is 3.37. The zero-order chi connectivity index (χ0) is 11.9. The van der Waals surface area contributed by atoms with Gasteiger partial charge in [-0.05, 0) is 0 Å². The standard InChI is InChI=1S/C8H3Cl5F2/c9-6-4(7(10,11)14)2-1-3-5(6)8(12,13)15/h1-3H. The second kappa shape index (κ2) is 4.42. The highest BCUT2D eigenvalue weighted by Crippen LogP contribution is 2.46. The molecule has 0 N–H and O–H groups in total. The van der Waals surface area contributed by atoms with Crippen molar-refractivity contribution in [2.75, 3.05) is 0 Å². The Hall–Kier alpha value is 0.530. The van der Waals surface area contributed by atoms with Crippen LogP contribution in [0.25, 0.3) is 0 Å². The van der Waals surface area contributed by atoms with Gasteiger partial charge in [-0.3, -0.25) is 0 Å². The van der Waals surface area contributed by atoms with E-state index >= 15 is 0 Å². The summed E-state index contributed by atoms with van der Waals surface area (Å²) < 4.78 is 20.9. The SMILES string of the molecule is FC(Cl)(Cl)c1cccc(C(F)(Cl)Cl)c1Cl. The topological polar surface area (TPSA) is 0 Å². The van der Waals surface area contributed by atoms with Crippen molar-refractivity contribution in [2.45, 2.75) is 9.17 Å². The van der Waals surface area contributed by atoms with E-state index in [2.05, 4.69) is 0 Å². The van der Waals surface area contributed by atoms with Gasteiger partial charge in [-0.2, -0.15) is 0 Å². The minimum absolute atomic E-state index is 0.312. The average Bonchev–Trinajstić information content (AvgIpc) is 1.99. The van der Waals surface area contributed by atoms with Crippen LogP contribution >= 0.6 is 58.0 Å². The lowest BCUT2D eigenvalue weighted by Crippen LogP contribution is -2.09. The van der Waals surface area contributed by atoms with Crippen LogP contribution in [0.1, 0.15) is 11.1 Å². The lowest BCUT2D eigenvalue weighted by atomic mass is 10.1. The maximum atomic E-state index is 13.2. The highest BCUT2D eigenvalue weighted by Gasteiger charge is 2.34. The number of alkyl halides is 6. The van der Waals surface area contributed by atoms with Crippen molar-refractivity contribution in [1.29, 1.82) is 0 Å². The van der Waals surface area contributed by atoms with Gasteiger partial charge in [0.15, 0.2) is 0 Å². The van der Waals surface area contributed by atoms with Crippen LogP contribution in [0.2, 0.25) is 5.02 Å². The number of rotatable bonds is 2. The summed E-state index contributed by atoms with van der Waals surface area (Å²) in [5.41, 5.74) is -0.623. The Kier molecular flexibility index (Phi) is 4.01. The van der Waals surface area contributed by atoms with E-state index in [1.165, 1.54) is 18.2 Å². The van der Waals surface area contributed by atoms with Crippen LogP contribution in [0.3, 0.4) is 0 Å². The molecule has 0 nitrogen and oxygen atoms in total. The molecule has 0 bridgehead atoms. The maximum absolute atomic E-state index is 13.2. The monoisotopic (exact) mass is 312 g/mol. The van der Waals surface area contributed by atoms with Crippen LogP contribution in [-0.2, 0) is 9.17 Å². The molecule has 0 radical (unpaired) electrons. The second-order valence-corrected chi connectivity index (χ2v) is 5.51. The molecule has 0 saturated carbocycles. The van der Waals surface area contributed by atoms with E-state index in [4.69, 9.17) is 58.0 Å². The van der Waals surface area contributed by atoms with Crippen molar-refractivity contribution in [3.05, 3.63) is 34.3 Å². The van der Waals surface area contributed by atoms with Gasteiger partial charge in [0.1, 0.15) is 0 Å². The molecule has 0 spiro atoms. The molecule has 1 aromatic carbocycles. The van der Waals surface area contributed by atoms with E-state index in [0.29, 0.717) is 0 Å². The smallest absolute Gasteiger partial charge is 0.202 e. The van der Waals surface area contributed by atoms with Crippen molar-refractivity contribution in [3.8, 4) is 0 Å². The summed E-state index contributed by atoms with van der Waals surface area (Å²) in [6, 6.07) is 3.69. The molecule has 0 aliphatic heterocycles. The van der Waals surface area contributed by atoms with Crippen molar-refractivity contribution >= 4 is 58.0 Å². The van der Waals surface area contributed by atoms with E-state index < -0.39 is 9.17 Å². The molecule has 0 amide bonds. The molecule has 1 rings (SSSR count). The van der Waals surface area contributed by atoms with Gasteiger partial charge in [-0.1, -0.05) is 76.2 Å². The zero-order valence-electron chi connectivity index (χ0n) is 6.88. The molecular formula is C8H3Cl5F2. The summed E-state index contributed by atoms with van der Waals surface area (Å²) in [4.78, 5) is 0. The molecule has 0 unspecified atom stereocenters. The zero-order valence-corrected chi connectivity index (χ0v) is 10.7. The van der Waals surface area contributed by atoms with Gasteiger partial charge >= 0.3 is 0 Å². The van der Waals surface area contributed by atoms with E-state index in [9.17, 15) is 8.78 Å². The summed E-state index contributed by atoms with van der Waals surface area (Å²) in [5, 5.41) is -0.350. The third-order valence-corrected chi connectivity index (χ3v) is 2.83. The minimum atomic E-state index is -2.73. The van der Waals surface area contributed by atoms with Gasteiger partial charge in [-0.15, -0.1) is 0 Å². The van der Waals surface area contributed by atoms with Gasteiger partial charge in [0.25, 0.3) is 9.17 Å². The number of halogens is 7. The first-order valence-corrected chi connectivity index (χ1v) is 5.46. The van der Waals surface area contributed by atoms with Crippen molar-refractivity contribution in [3.63, 3.8) is 0 Å². The maximum Gasteiger partial charge on any atom is 0.284 e. The first-order valence-electron chi connectivity index (χ1n) is 3.57. The normalized spacial score (nSPS) is 13.0. The molecule has 0 fully saturated rings. The fourth-order valence-corrected chi connectivity index (χ4v) is 2.18. The molecule has 0 aromatic heterocycles. The first kappa shape index (κ1) is 13.6. The van der Waals surface area contributed by atoms with Crippen LogP contribution in [0.15, 0.2) is 18.2 Å². The van der Waals surface area contributed by atoms with Crippen LogP contribution in [0.5, 0.6) is 0 Å². The van der Waals surface area contributed by atoms with Crippen LogP contribution in [0, 0.1) is 0 Å². The van der Waals surface area contributed by atoms with Crippen molar-refractivity contribution in [2.24, 2.45) is 0 Å². The number of benzene rings is 1. The third kappa shape index (κ3) is 3.24. The van der Waals surface area contributed by atoms with Gasteiger partial charge in [0.2, 0.25) is 0 Å². The Morgan fingerprint density at radius 1 is 0.867 bits per heavy atom. The van der Waals surface area contributed by atoms with Crippen LogP contribution in [-0.4, -0.2) is 0 Å². The minimum Gasteiger partial charge on any atom is -0.202 e. The fraction of sp³-hybridized carbons (Fsp3) is 0.250. The Morgan fingerprint density at radius 3 is 1.47 bits per heavy atom. The Morgan fingerprint density at radius 2 is 1.20 bits per heavy atom. The molecule has 7 heteroatoms. The highest BCUT2D eigenvalue weighted by atomic mass is 35.5. The van der Waals surface area contributed by atoms with Gasteiger partial charge < -0.3 is 0 Å². The molecule has 0 heterocycles. The quantitative estimate of drug-likeness (QED) is 0.636. The lowest BCUT2D eigenvalue weighted by Gasteiger charge is -2.17. The summed E-state index contributed by atoms with van der Waals surface area (Å²) >= 11 is 26.4. The Bertz CT molecular complexity index is 334. The predicted molar refractivity (Wildman–Crippen MR) is 60.4 cm³/mol. The number of hydrogen-bond acceptors (Lipinski definition) is 0. The second-order valence-electron chi connectivity index (χ2n) is 2.66. The molecule has 15 heavy (non-hydrogen) atoms. The van der Waals surface area contributed by atoms with E-state index in [0.717, 1.165) is 0 Å². The van der Waals surface area contributed by atoms with Crippen LogP contribution in [0.4, 0.5) is 8.78 Å². The number of hydrogen-bond donors (Lipinski definition) is 0. The molecule has 0 saturated heterocycles. The van der Waals surface area contributed by atoms with Gasteiger partial charge in [0.05, 0.1) is 5.02 Å². The molecule has 0 aliphatic rings. The molecule has 1 aromatic rings. The summed E-state index contributed by atoms with van der Waals surface area (Å²) in [6.07, 6.45) is 0. The molecule has 0 atom stereocenters.